The number of aliphatic hydroxyl groups is 1. The standard InChI is InChI=1S/C35H38F3N3O5/c1-2-32(43)33(44)25-5-3-24(4-6-25)31(22-42)39-34(45)26-9-13-29(14-10-26)41-20-27(19-30(41)21-40-15-17-46-18-16-40)23-7-11-28(12-8-23)35(36,37)38/h3-14,27,30-31,42H,2,15-22H2,1H3,(H,39,45)/t27?,30-,31-/m0/s1. The molecule has 2 heterocycles. The molecule has 3 aromatic carbocycles. The van der Waals surface area contributed by atoms with E-state index in [0.717, 1.165) is 49.4 Å². The summed E-state index contributed by atoms with van der Waals surface area (Å²) in [5.41, 5.74) is 2.34. The number of morpholine rings is 1. The van der Waals surface area contributed by atoms with Crippen molar-refractivity contribution in [3.63, 3.8) is 0 Å². The normalized spacial score (nSPS) is 19.5. The Hall–Kier alpha value is -4.06. The first kappa shape index (κ1) is 33.3. The predicted molar refractivity (Wildman–Crippen MR) is 167 cm³/mol. The number of hydrogen-bond donors (Lipinski definition) is 2. The highest BCUT2D eigenvalue weighted by Crippen LogP contribution is 2.37. The zero-order chi connectivity index (χ0) is 32.8. The summed E-state index contributed by atoms with van der Waals surface area (Å²) < 4.78 is 45.0. The number of carbonyl (C=O) groups is 3. The molecule has 2 fully saturated rings. The highest BCUT2D eigenvalue weighted by atomic mass is 19.4. The van der Waals surface area contributed by atoms with Crippen LogP contribution in [0.4, 0.5) is 18.9 Å². The number of hydrogen-bond acceptors (Lipinski definition) is 7. The zero-order valence-electron chi connectivity index (χ0n) is 25.6. The Balaban J connectivity index is 1.28. The second kappa shape index (κ2) is 14.6. The van der Waals surface area contributed by atoms with Gasteiger partial charge in [0.05, 0.1) is 31.4 Å². The van der Waals surface area contributed by atoms with Crippen LogP contribution >= 0.6 is 0 Å². The number of nitrogens with one attached hydrogen (secondary N) is 1. The van der Waals surface area contributed by atoms with Gasteiger partial charge < -0.3 is 20.1 Å². The molecule has 0 aliphatic carbocycles. The topological polar surface area (TPSA) is 99.2 Å². The maximum absolute atomic E-state index is 13.2. The van der Waals surface area contributed by atoms with E-state index < -0.39 is 29.3 Å². The molecule has 3 aromatic rings. The summed E-state index contributed by atoms with van der Waals surface area (Å²) in [4.78, 5) is 41.7. The van der Waals surface area contributed by atoms with Crippen LogP contribution in [0.3, 0.4) is 0 Å². The van der Waals surface area contributed by atoms with E-state index in [1.165, 1.54) is 12.1 Å². The first-order chi connectivity index (χ1) is 22.1. The van der Waals surface area contributed by atoms with E-state index in [2.05, 4.69) is 15.1 Å². The van der Waals surface area contributed by atoms with E-state index in [-0.39, 0.29) is 36.5 Å². The highest BCUT2D eigenvalue weighted by Gasteiger charge is 2.36. The molecule has 0 aromatic heterocycles. The zero-order valence-corrected chi connectivity index (χ0v) is 25.6. The van der Waals surface area contributed by atoms with E-state index in [4.69, 9.17) is 4.74 Å². The molecule has 2 aliphatic rings. The fourth-order valence-electron chi connectivity index (χ4n) is 6.14. The molecule has 5 rings (SSSR count). The quantitative estimate of drug-likeness (QED) is 0.225. The van der Waals surface area contributed by atoms with Crippen LogP contribution in [0.15, 0.2) is 72.8 Å². The van der Waals surface area contributed by atoms with Gasteiger partial charge in [0, 0.05) is 61.4 Å². The molecular formula is C35H38F3N3O5. The average molecular weight is 638 g/mol. The van der Waals surface area contributed by atoms with Crippen molar-refractivity contribution in [2.24, 2.45) is 0 Å². The Labute approximate surface area is 266 Å². The lowest BCUT2D eigenvalue weighted by atomic mass is 9.95. The van der Waals surface area contributed by atoms with Crippen LogP contribution < -0.4 is 10.2 Å². The molecule has 46 heavy (non-hydrogen) atoms. The van der Waals surface area contributed by atoms with E-state index >= 15 is 0 Å². The van der Waals surface area contributed by atoms with Crippen LogP contribution in [-0.2, 0) is 15.7 Å². The summed E-state index contributed by atoms with van der Waals surface area (Å²) in [6, 6.07) is 18.2. The molecule has 3 atom stereocenters. The number of aliphatic hydroxyl groups excluding tert-OH is 1. The van der Waals surface area contributed by atoms with Crippen LogP contribution in [0.5, 0.6) is 0 Å². The van der Waals surface area contributed by atoms with Crippen molar-refractivity contribution in [3.8, 4) is 0 Å². The minimum atomic E-state index is -4.38. The maximum Gasteiger partial charge on any atom is 0.416 e. The van der Waals surface area contributed by atoms with E-state index in [9.17, 15) is 32.7 Å². The Kier molecular flexibility index (Phi) is 10.6. The predicted octanol–water partition coefficient (Wildman–Crippen LogP) is 5.03. The number of Topliss-reactive ketones (excluding diaryl/α,β-unsaturated/α-hetero) is 2. The van der Waals surface area contributed by atoms with Gasteiger partial charge in [0.25, 0.3) is 5.91 Å². The molecule has 0 saturated carbocycles. The van der Waals surface area contributed by atoms with Gasteiger partial charge in [0.1, 0.15) is 0 Å². The fraction of sp³-hybridized carbons (Fsp3) is 0.400. The third-order valence-corrected chi connectivity index (χ3v) is 8.80. The largest absolute Gasteiger partial charge is 0.416 e. The van der Waals surface area contributed by atoms with E-state index in [1.54, 1.807) is 43.3 Å². The summed E-state index contributed by atoms with van der Waals surface area (Å²) in [5, 5.41) is 12.8. The Morgan fingerprint density at radius 3 is 2.15 bits per heavy atom. The van der Waals surface area contributed by atoms with Crippen molar-refractivity contribution >= 4 is 23.2 Å². The minimum Gasteiger partial charge on any atom is -0.394 e. The van der Waals surface area contributed by atoms with Gasteiger partial charge >= 0.3 is 6.18 Å². The van der Waals surface area contributed by atoms with Crippen molar-refractivity contribution in [2.75, 3.05) is 50.9 Å². The van der Waals surface area contributed by atoms with Gasteiger partial charge in [0.2, 0.25) is 11.6 Å². The summed E-state index contributed by atoms with van der Waals surface area (Å²) in [6.07, 6.45) is -3.49. The van der Waals surface area contributed by atoms with Gasteiger partial charge in [-0.2, -0.15) is 13.2 Å². The van der Waals surface area contributed by atoms with Crippen LogP contribution in [0.1, 0.15) is 69.1 Å². The summed E-state index contributed by atoms with van der Waals surface area (Å²) in [6.45, 7) is 5.62. The highest BCUT2D eigenvalue weighted by molar-refractivity contribution is 6.43. The number of benzene rings is 3. The lowest BCUT2D eigenvalue weighted by molar-refractivity contribution is -0.137. The molecule has 1 amide bonds. The molecule has 11 heteroatoms. The van der Waals surface area contributed by atoms with Gasteiger partial charge in [-0.15, -0.1) is 0 Å². The van der Waals surface area contributed by atoms with Gasteiger partial charge in [-0.05, 0) is 53.9 Å². The van der Waals surface area contributed by atoms with E-state index in [0.29, 0.717) is 30.9 Å². The smallest absolute Gasteiger partial charge is 0.394 e. The number of nitrogens with zero attached hydrogens (tertiary/aromatic N) is 2. The van der Waals surface area contributed by atoms with Gasteiger partial charge in [-0.25, -0.2) is 0 Å². The number of ketones is 2. The molecule has 244 valence electrons. The second-order valence-electron chi connectivity index (χ2n) is 11.8. The lowest BCUT2D eigenvalue weighted by Crippen LogP contribution is -2.45. The van der Waals surface area contributed by atoms with Crippen LogP contribution in [0.2, 0.25) is 0 Å². The summed E-state index contributed by atoms with van der Waals surface area (Å²) in [5.74, 6) is -1.40. The third-order valence-electron chi connectivity index (χ3n) is 8.80. The Bertz CT molecular complexity index is 1500. The van der Waals surface area contributed by atoms with Crippen molar-refractivity contribution in [3.05, 3.63) is 101 Å². The number of alkyl halides is 3. The number of amides is 1. The molecule has 0 radical (unpaired) electrons. The Morgan fingerprint density at radius 2 is 1.57 bits per heavy atom. The van der Waals surface area contributed by atoms with Crippen molar-refractivity contribution in [1.29, 1.82) is 0 Å². The monoisotopic (exact) mass is 637 g/mol. The molecule has 0 spiro atoms. The number of halogens is 3. The molecule has 2 aliphatic heterocycles. The van der Waals surface area contributed by atoms with Crippen molar-refractivity contribution in [1.82, 2.24) is 10.2 Å². The van der Waals surface area contributed by atoms with Gasteiger partial charge in [-0.1, -0.05) is 43.3 Å². The number of anilines is 1. The third kappa shape index (κ3) is 7.83. The van der Waals surface area contributed by atoms with E-state index in [1.807, 2.05) is 12.1 Å². The molecule has 0 bridgehead atoms. The first-order valence-corrected chi connectivity index (χ1v) is 15.5. The number of carbonyl (C=O) groups excluding carboxylic acids is 3. The first-order valence-electron chi connectivity index (χ1n) is 15.5. The summed E-state index contributed by atoms with van der Waals surface area (Å²) >= 11 is 0. The maximum atomic E-state index is 13.2. The van der Waals surface area contributed by atoms with Crippen molar-refractivity contribution < 1.29 is 37.4 Å². The van der Waals surface area contributed by atoms with Crippen LogP contribution in [0, 0.1) is 0 Å². The Morgan fingerprint density at radius 1 is 0.935 bits per heavy atom. The molecule has 2 saturated heterocycles. The minimum absolute atomic E-state index is 0.0448. The second-order valence-corrected chi connectivity index (χ2v) is 11.8. The number of ether oxygens (including phenoxy) is 1. The fourth-order valence-corrected chi connectivity index (χ4v) is 6.14. The lowest BCUT2D eigenvalue weighted by Gasteiger charge is -2.34. The van der Waals surface area contributed by atoms with Gasteiger partial charge in [-0.3, -0.25) is 19.3 Å². The SMILES string of the molecule is CCC(=O)C(=O)c1ccc([C@H](CO)NC(=O)c2ccc(N3CC(c4ccc(C(F)(F)F)cc4)C[C@H]3CN3CCOCC3)cc2)cc1. The van der Waals surface area contributed by atoms with Gasteiger partial charge in [0.15, 0.2) is 0 Å². The van der Waals surface area contributed by atoms with Crippen molar-refractivity contribution in [2.45, 2.75) is 43.9 Å². The van der Waals surface area contributed by atoms with Crippen LogP contribution in [0.25, 0.3) is 0 Å². The summed E-state index contributed by atoms with van der Waals surface area (Å²) in [7, 11) is 0. The molecule has 1 unspecified atom stereocenters. The van der Waals surface area contributed by atoms with Crippen LogP contribution in [-0.4, -0.2) is 79.5 Å². The average Bonchev–Trinajstić information content (AvgIpc) is 3.50. The molecular weight excluding hydrogens is 599 g/mol. The number of rotatable bonds is 11. The molecule has 2 N–H and O–H groups in total. The molecule has 8 nitrogen and oxygen atoms in total.